The molecule has 1 saturated heterocycles. The van der Waals surface area contributed by atoms with Gasteiger partial charge < -0.3 is 15.4 Å². The molecule has 2 aromatic rings. The number of carbonyl (C=O) groups excluding carboxylic acids is 1. The van der Waals surface area contributed by atoms with Crippen LogP contribution in [0.2, 0.25) is 5.02 Å². The normalized spacial score (nSPS) is 17.5. The predicted molar refractivity (Wildman–Crippen MR) is 98.4 cm³/mol. The number of aromatic nitrogens is 1. The summed E-state index contributed by atoms with van der Waals surface area (Å²) < 4.78 is 5.80. The Morgan fingerprint density at radius 3 is 2.84 bits per heavy atom. The van der Waals surface area contributed by atoms with E-state index in [0.717, 1.165) is 17.0 Å². The second kappa shape index (κ2) is 7.85. The summed E-state index contributed by atoms with van der Waals surface area (Å²) in [5, 5.41) is 0.705. The summed E-state index contributed by atoms with van der Waals surface area (Å²) in [6.45, 7) is 3.52. The van der Waals surface area contributed by atoms with Crippen LogP contribution in [0.4, 0.5) is 5.69 Å². The Bertz CT molecular complexity index is 729. The van der Waals surface area contributed by atoms with Gasteiger partial charge in [0.1, 0.15) is 6.10 Å². The maximum atomic E-state index is 12.5. The number of carbonyl (C=O) groups is 1. The molecular formula is C19H22ClN3O2. The summed E-state index contributed by atoms with van der Waals surface area (Å²) >= 11 is 5.89. The largest absolute Gasteiger partial charge is 0.399 e. The number of morpholine rings is 1. The van der Waals surface area contributed by atoms with Crippen molar-refractivity contribution >= 4 is 23.2 Å². The van der Waals surface area contributed by atoms with Crippen molar-refractivity contribution in [3.05, 3.63) is 58.4 Å². The minimum absolute atomic E-state index is 0.129. The number of aryl methyl sites for hydroxylation is 2. The van der Waals surface area contributed by atoms with Crippen LogP contribution in [-0.4, -0.2) is 35.5 Å². The molecule has 0 spiro atoms. The highest BCUT2D eigenvalue weighted by Crippen LogP contribution is 2.23. The van der Waals surface area contributed by atoms with E-state index in [4.69, 9.17) is 22.1 Å². The van der Waals surface area contributed by atoms with Crippen molar-refractivity contribution in [1.29, 1.82) is 0 Å². The van der Waals surface area contributed by atoms with Crippen molar-refractivity contribution in [2.24, 2.45) is 0 Å². The highest BCUT2D eigenvalue weighted by atomic mass is 35.5. The van der Waals surface area contributed by atoms with Crippen molar-refractivity contribution in [2.45, 2.75) is 25.9 Å². The topological polar surface area (TPSA) is 68.5 Å². The number of nitrogen functional groups attached to an aromatic ring is 1. The van der Waals surface area contributed by atoms with Gasteiger partial charge >= 0.3 is 0 Å². The van der Waals surface area contributed by atoms with Crippen LogP contribution in [-0.2, 0) is 16.0 Å². The molecule has 1 atom stereocenters. The summed E-state index contributed by atoms with van der Waals surface area (Å²) in [6.07, 6.45) is 0.946. The van der Waals surface area contributed by atoms with Gasteiger partial charge in [-0.2, -0.15) is 0 Å². The van der Waals surface area contributed by atoms with Crippen molar-refractivity contribution in [2.75, 3.05) is 25.4 Å². The maximum Gasteiger partial charge on any atom is 0.223 e. The zero-order valence-electron chi connectivity index (χ0n) is 14.2. The van der Waals surface area contributed by atoms with Crippen LogP contribution in [0.25, 0.3) is 0 Å². The van der Waals surface area contributed by atoms with Crippen molar-refractivity contribution in [3.63, 3.8) is 0 Å². The number of benzene rings is 1. The predicted octanol–water partition coefficient (Wildman–Crippen LogP) is 3.16. The molecule has 1 aromatic carbocycles. The Kier molecular flexibility index (Phi) is 5.56. The molecule has 6 heteroatoms. The molecule has 1 aromatic heterocycles. The molecule has 3 rings (SSSR count). The molecule has 132 valence electrons. The lowest BCUT2D eigenvalue weighted by atomic mass is 10.1. The van der Waals surface area contributed by atoms with Crippen LogP contribution in [0.3, 0.4) is 0 Å². The molecule has 1 unspecified atom stereocenters. The number of anilines is 1. The van der Waals surface area contributed by atoms with Crippen LogP contribution in [0.5, 0.6) is 0 Å². The second-order valence-electron chi connectivity index (χ2n) is 6.29. The number of pyridine rings is 1. The van der Waals surface area contributed by atoms with Gasteiger partial charge in [0.05, 0.1) is 18.8 Å². The Morgan fingerprint density at radius 2 is 2.12 bits per heavy atom. The SMILES string of the molecule is Cc1cc(N)cc(C2CN(C(=O)CCc3ccc(Cl)cc3)CCO2)n1. The van der Waals surface area contributed by atoms with Crippen molar-refractivity contribution in [3.8, 4) is 0 Å². The zero-order valence-corrected chi connectivity index (χ0v) is 15.0. The summed E-state index contributed by atoms with van der Waals surface area (Å²) in [4.78, 5) is 18.9. The fraction of sp³-hybridized carbons (Fsp3) is 0.368. The molecule has 0 bridgehead atoms. The van der Waals surface area contributed by atoms with E-state index in [1.807, 2.05) is 48.2 Å². The van der Waals surface area contributed by atoms with Gasteiger partial charge in [-0.1, -0.05) is 23.7 Å². The fourth-order valence-electron chi connectivity index (χ4n) is 3.00. The van der Waals surface area contributed by atoms with Gasteiger partial charge in [0, 0.05) is 29.4 Å². The van der Waals surface area contributed by atoms with E-state index in [1.165, 1.54) is 0 Å². The quantitative estimate of drug-likeness (QED) is 0.910. The first kappa shape index (κ1) is 17.7. The van der Waals surface area contributed by atoms with E-state index in [-0.39, 0.29) is 12.0 Å². The van der Waals surface area contributed by atoms with E-state index >= 15 is 0 Å². The number of hydrogen-bond acceptors (Lipinski definition) is 4. The molecule has 1 amide bonds. The average Bonchev–Trinajstić information content (AvgIpc) is 2.60. The molecule has 0 aliphatic carbocycles. The number of nitrogens with zero attached hydrogens (tertiary/aromatic N) is 2. The monoisotopic (exact) mass is 359 g/mol. The van der Waals surface area contributed by atoms with Crippen LogP contribution in [0.1, 0.15) is 29.5 Å². The van der Waals surface area contributed by atoms with Gasteiger partial charge in [-0.05, 0) is 43.2 Å². The molecule has 0 radical (unpaired) electrons. The third-order valence-corrected chi connectivity index (χ3v) is 4.54. The number of nitrogens with two attached hydrogens (primary N) is 1. The van der Waals surface area contributed by atoms with Crippen LogP contribution >= 0.6 is 11.6 Å². The average molecular weight is 360 g/mol. The smallest absolute Gasteiger partial charge is 0.223 e. The second-order valence-corrected chi connectivity index (χ2v) is 6.73. The zero-order chi connectivity index (χ0) is 17.8. The molecule has 1 fully saturated rings. The molecule has 25 heavy (non-hydrogen) atoms. The first-order chi connectivity index (χ1) is 12.0. The highest BCUT2D eigenvalue weighted by molar-refractivity contribution is 6.30. The van der Waals surface area contributed by atoms with E-state index in [1.54, 1.807) is 0 Å². The van der Waals surface area contributed by atoms with Crippen molar-refractivity contribution in [1.82, 2.24) is 9.88 Å². The van der Waals surface area contributed by atoms with Crippen LogP contribution in [0, 0.1) is 6.92 Å². The first-order valence-corrected chi connectivity index (χ1v) is 8.77. The lowest BCUT2D eigenvalue weighted by Crippen LogP contribution is -2.42. The summed E-state index contributed by atoms with van der Waals surface area (Å²) in [5.74, 6) is 0.129. The molecule has 1 aliphatic heterocycles. The maximum absolute atomic E-state index is 12.5. The Hall–Kier alpha value is -2.11. The minimum atomic E-state index is -0.226. The number of amides is 1. The number of hydrogen-bond donors (Lipinski definition) is 1. The van der Waals surface area contributed by atoms with Gasteiger partial charge in [0.15, 0.2) is 0 Å². The number of halogens is 1. The summed E-state index contributed by atoms with van der Waals surface area (Å²) in [6, 6.07) is 11.2. The lowest BCUT2D eigenvalue weighted by Gasteiger charge is -2.33. The third kappa shape index (κ3) is 4.71. The third-order valence-electron chi connectivity index (χ3n) is 4.29. The van der Waals surface area contributed by atoms with Gasteiger partial charge in [-0.25, -0.2) is 0 Å². The van der Waals surface area contributed by atoms with E-state index in [9.17, 15) is 4.79 Å². The van der Waals surface area contributed by atoms with Crippen molar-refractivity contribution < 1.29 is 9.53 Å². The Labute approximate surface area is 152 Å². The molecular weight excluding hydrogens is 338 g/mol. The molecule has 2 N–H and O–H groups in total. The Balaban J connectivity index is 1.60. The van der Waals surface area contributed by atoms with Crippen LogP contribution in [0.15, 0.2) is 36.4 Å². The summed E-state index contributed by atoms with van der Waals surface area (Å²) in [5.41, 5.74) is 9.31. The standard InChI is InChI=1S/C19H22ClN3O2/c1-13-10-16(21)11-17(22-13)18-12-23(8-9-25-18)19(24)7-4-14-2-5-15(20)6-3-14/h2-3,5-6,10-11,18H,4,7-9,12H2,1H3,(H2,21,22). The lowest BCUT2D eigenvalue weighted by molar-refractivity contribution is -0.139. The highest BCUT2D eigenvalue weighted by Gasteiger charge is 2.26. The van der Waals surface area contributed by atoms with E-state index < -0.39 is 0 Å². The first-order valence-electron chi connectivity index (χ1n) is 8.39. The van der Waals surface area contributed by atoms with E-state index in [2.05, 4.69) is 4.98 Å². The Morgan fingerprint density at radius 1 is 1.36 bits per heavy atom. The summed E-state index contributed by atoms with van der Waals surface area (Å²) in [7, 11) is 0. The van der Waals surface area contributed by atoms with Gasteiger partial charge in [-0.3, -0.25) is 9.78 Å². The number of rotatable bonds is 4. The van der Waals surface area contributed by atoms with E-state index in [0.29, 0.717) is 43.2 Å². The van der Waals surface area contributed by atoms with Gasteiger partial charge in [-0.15, -0.1) is 0 Å². The minimum Gasteiger partial charge on any atom is -0.399 e. The molecule has 0 saturated carbocycles. The van der Waals surface area contributed by atoms with Crippen LogP contribution < -0.4 is 5.73 Å². The fourth-order valence-corrected chi connectivity index (χ4v) is 3.13. The van der Waals surface area contributed by atoms with Gasteiger partial charge in [0.2, 0.25) is 5.91 Å². The number of ether oxygens (including phenoxy) is 1. The molecule has 1 aliphatic rings. The molecule has 5 nitrogen and oxygen atoms in total. The molecule has 2 heterocycles. The van der Waals surface area contributed by atoms with Gasteiger partial charge in [0.25, 0.3) is 0 Å².